The van der Waals surface area contributed by atoms with Crippen molar-refractivity contribution in [2.24, 2.45) is 0 Å². The summed E-state index contributed by atoms with van der Waals surface area (Å²) in [5.74, 6) is 0. The molecule has 0 saturated heterocycles. The Kier molecular flexibility index (Phi) is 5.60. The standard InChI is InChI=1S/C10H11Br3/c11-3-1-8-5-9(2-4-12)7-10(13)6-8/h5-7H,1-4H2. The Labute approximate surface area is 104 Å². The quantitative estimate of drug-likeness (QED) is 0.692. The first kappa shape index (κ1) is 11.7. The normalized spacial score (nSPS) is 10.4. The minimum absolute atomic E-state index is 1.03. The molecular formula is C10H11Br3. The summed E-state index contributed by atoms with van der Waals surface area (Å²) in [5.41, 5.74) is 2.78. The van der Waals surface area contributed by atoms with E-state index in [-0.39, 0.29) is 0 Å². The topological polar surface area (TPSA) is 0 Å². The lowest BCUT2D eigenvalue weighted by atomic mass is 10.1. The fourth-order valence-corrected chi connectivity index (χ4v) is 2.73. The third-order valence-electron chi connectivity index (χ3n) is 1.78. The Balaban J connectivity index is 2.83. The molecule has 1 aromatic carbocycles. The van der Waals surface area contributed by atoms with Gasteiger partial charge in [0.05, 0.1) is 0 Å². The van der Waals surface area contributed by atoms with Crippen molar-refractivity contribution in [2.45, 2.75) is 12.8 Å². The predicted octanol–water partition coefficient (Wildman–Crippen LogP) is 4.32. The third kappa shape index (κ3) is 4.13. The fourth-order valence-electron chi connectivity index (χ4n) is 1.22. The molecular weight excluding hydrogens is 360 g/mol. The highest BCUT2D eigenvalue weighted by molar-refractivity contribution is 9.10. The second-order valence-electron chi connectivity index (χ2n) is 2.85. The average Bonchev–Trinajstić information content (AvgIpc) is 2.04. The molecule has 0 radical (unpaired) electrons. The van der Waals surface area contributed by atoms with Crippen LogP contribution in [-0.4, -0.2) is 10.7 Å². The molecule has 0 atom stereocenters. The Hall–Kier alpha value is 0.660. The van der Waals surface area contributed by atoms with E-state index in [4.69, 9.17) is 0 Å². The lowest BCUT2D eigenvalue weighted by Gasteiger charge is -2.04. The van der Waals surface area contributed by atoms with Crippen molar-refractivity contribution in [1.82, 2.24) is 0 Å². The van der Waals surface area contributed by atoms with Gasteiger partial charge in [-0.2, -0.15) is 0 Å². The van der Waals surface area contributed by atoms with Crippen LogP contribution in [0.5, 0.6) is 0 Å². The molecule has 0 aliphatic carbocycles. The van der Waals surface area contributed by atoms with E-state index >= 15 is 0 Å². The molecule has 0 N–H and O–H groups in total. The van der Waals surface area contributed by atoms with Gasteiger partial charge in [0.15, 0.2) is 0 Å². The van der Waals surface area contributed by atoms with Crippen molar-refractivity contribution < 1.29 is 0 Å². The highest BCUT2D eigenvalue weighted by atomic mass is 79.9. The molecule has 13 heavy (non-hydrogen) atoms. The van der Waals surface area contributed by atoms with Crippen LogP contribution in [0.15, 0.2) is 22.7 Å². The molecule has 72 valence electrons. The second kappa shape index (κ2) is 6.20. The van der Waals surface area contributed by atoms with Gasteiger partial charge in [-0.25, -0.2) is 0 Å². The maximum atomic E-state index is 3.52. The zero-order valence-corrected chi connectivity index (χ0v) is 12.0. The summed E-state index contributed by atoms with van der Waals surface area (Å²) in [6, 6.07) is 6.63. The minimum atomic E-state index is 1.03. The van der Waals surface area contributed by atoms with Crippen LogP contribution in [0.3, 0.4) is 0 Å². The maximum Gasteiger partial charge on any atom is 0.0180 e. The monoisotopic (exact) mass is 368 g/mol. The summed E-state index contributed by atoms with van der Waals surface area (Å²) in [6.07, 6.45) is 2.18. The first-order chi connectivity index (χ1) is 6.26. The van der Waals surface area contributed by atoms with Crippen LogP contribution in [0.1, 0.15) is 11.1 Å². The summed E-state index contributed by atoms with van der Waals surface area (Å²) < 4.78 is 1.18. The number of aryl methyl sites for hydroxylation is 2. The number of benzene rings is 1. The zero-order chi connectivity index (χ0) is 9.68. The molecule has 1 rings (SSSR count). The Morgan fingerprint density at radius 3 is 1.69 bits per heavy atom. The smallest absolute Gasteiger partial charge is 0.0180 e. The van der Waals surface area contributed by atoms with E-state index in [2.05, 4.69) is 66.0 Å². The van der Waals surface area contributed by atoms with Crippen molar-refractivity contribution >= 4 is 47.8 Å². The van der Waals surface area contributed by atoms with Crippen molar-refractivity contribution in [3.05, 3.63) is 33.8 Å². The summed E-state index contributed by atoms with van der Waals surface area (Å²) in [5, 5.41) is 2.05. The van der Waals surface area contributed by atoms with Gasteiger partial charge in [-0.05, 0) is 36.1 Å². The predicted molar refractivity (Wildman–Crippen MR) is 69.1 cm³/mol. The molecule has 0 spiro atoms. The summed E-state index contributed by atoms with van der Waals surface area (Å²) in [4.78, 5) is 0. The van der Waals surface area contributed by atoms with Crippen LogP contribution < -0.4 is 0 Å². The molecule has 0 amide bonds. The van der Waals surface area contributed by atoms with Crippen LogP contribution in [0.4, 0.5) is 0 Å². The SMILES string of the molecule is BrCCc1cc(Br)cc(CCBr)c1. The molecule has 1 aromatic rings. The molecule has 0 aliphatic heterocycles. The van der Waals surface area contributed by atoms with Crippen molar-refractivity contribution in [3.8, 4) is 0 Å². The van der Waals surface area contributed by atoms with Crippen molar-refractivity contribution in [2.75, 3.05) is 10.7 Å². The van der Waals surface area contributed by atoms with Crippen LogP contribution in [-0.2, 0) is 12.8 Å². The maximum absolute atomic E-state index is 3.52. The van der Waals surface area contributed by atoms with Crippen LogP contribution in [0.25, 0.3) is 0 Å². The molecule has 3 heteroatoms. The van der Waals surface area contributed by atoms with E-state index in [1.54, 1.807) is 0 Å². The highest BCUT2D eigenvalue weighted by Gasteiger charge is 1.98. The molecule has 0 bridgehead atoms. The largest absolute Gasteiger partial charge is 0.0924 e. The number of halogens is 3. The van der Waals surface area contributed by atoms with Gasteiger partial charge in [-0.15, -0.1) is 0 Å². The van der Waals surface area contributed by atoms with Crippen LogP contribution >= 0.6 is 47.8 Å². The minimum Gasteiger partial charge on any atom is -0.0924 e. The molecule has 0 saturated carbocycles. The fraction of sp³-hybridized carbons (Fsp3) is 0.400. The van der Waals surface area contributed by atoms with Gasteiger partial charge in [0.25, 0.3) is 0 Å². The number of hydrogen-bond donors (Lipinski definition) is 0. The van der Waals surface area contributed by atoms with Gasteiger partial charge in [-0.1, -0.05) is 53.9 Å². The van der Waals surface area contributed by atoms with Gasteiger partial charge in [0.2, 0.25) is 0 Å². The summed E-state index contributed by atoms with van der Waals surface area (Å²) in [6.45, 7) is 0. The van der Waals surface area contributed by atoms with Crippen molar-refractivity contribution in [1.29, 1.82) is 0 Å². The van der Waals surface area contributed by atoms with E-state index in [9.17, 15) is 0 Å². The first-order valence-electron chi connectivity index (χ1n) is 4.16. The van der Waals surface area contributed by atoms with Gasteiger partial charge in [-0.3, -0.25) is 0 Å². The molecule has 0 aliphatic rings. The number of hydrogen-bond acceptors (Lipinski definition) is 0. The molecule has 0 fully saturated rings. The zero-order valence-electron chi connectivity index (χ0n) is 7.19. The van der Waals surface area contributed by atoms with E-state index in [1.807, 2.05) is 0 Å². The van der Waals surface area contributed by atoms with E-state index in [0.29, 0.717) is 0 Å². The van der Waals surface area contributed by atoms with Gasteiger partial charge in [0.1, 0.15) is 0 Å². The van der Waals surface area contributed by atoms with E-state index in [1.165, 1.54) is 15.6 Å². The lowest BCUT2D eigenvalue weighted by molar-refractivity contribution is 1.11. The van der Waals surface area contributed by atoms with Crippen molar-refractivity contribution in [3.63, 3.8) is 0 Å². The van der Waals surface area contributed by atoms with Gasteiger partial charge < -0.3 is 0 Å². The second-order valence-corrected chi connectivity index (χ2v) is 5.35. The first-order valence-corrected chi connectivity index (χ1v) is 7.20. The van der Waals surface area contributed by atoms with Crippen LogP contribution in [0.2, 0.25) is 0 Å². The molecule has 0 nitrogen and oxygen atoms in total. The number of rotatable bonds is 4. The Bertz CT molecular complexity index is 247. The molecule has 0 heterocycles. The molecule has 0 unspecified atom stereocenters. The van der Waals surface area contributed by atoms with Crippen LogP contribution in [0, 0.1) is 0 Å². The third-order valence-corrected chi connectivity index (χ3v) is 3.03. The van der Waals surface area contributed by atoms with Gasteiger partial charge in [0, 0.05) is 15.1 Å². The van der Waals surface area contributed by atoms with E-state index < -0.39 is 0 Å². The summed E-state index contributed by atoms with van der Waals surface area (Å²) >= 11 is 10.4. The average molecular weight is 371 g/mol. The van der Waals surface area contributed by atoms with Gasteiger partial charge >= 0.3 is 0 Å². The van der Waals surface area contributed by atoms with E-state index in [0.717, 1.165) is 23.5 Å². The highest BCUT2D eigenvalue weighted by Crippen LogP contribution is 2.17. The molecule has 0 aromatic heterocycles. The Morgan fingerprint density at radius 2 is 1.31 bits per heavy atom. The lowest BCUT2D eigenvalue weighted by Crippen LogP contribution is -1.91. The Morgan fingerprint density at radius 1 is 0.846 bits per heavy atom. The summed E-state index contributed by atoms with van der Waals surface area (Å²) in [7, 11) is 0. The number of alkyl halides is 2.